The van der Waals surface area contributed by atoms with Crippen LogP contribution in [-0.2, 0) is 0 Å². The molecule has 60 valence electrons. The van der Waals surface area contributed by atoms with Crippen LogP contribution in [0.1, 0.15) is 12.8 Å². The molecule has 0 aliphatic rings. The lowest BCUT2D eigenvalue weighted by Crippen LogP contribution is -2.09. The van der Waals surface area contributed by atoms with E-state index >= 15 is 0 Å². The van der Waals surface area contributed by atoms with E-state index in [4.69, 9.17) is 16.2 Å². The Morgan fingerprint density at radius 2 is 2.20 bits per heavy atom. The van der Waals surface area contributed by atoms with E-state index in [0.29, 0.717) is 6.42 Å². The quantitative estimate of drug-likeness (QED) is 0.301. The Balaban J connectivity index is 2.84. The van der Waals surface area contributed by atoms with Gasteiger partial charge in [-0.2, -0.15) is 11.8 Å². The van der Waals surface area contributed by atoms with Crippen molar-refractivity contribution in [3.63, 3.8) is 0 Å². The van der Waals surface area contributed by atoms with Gasteiger partial charge >= 0.3 is 0 Å². The van der Waals surface area contributed by atoms with Crippen LogP contribution in [0.3, 0.4) is 0 Å². The first-order valence-corrected chi connectivity index (χ1v) is 4.44. The van der Waals surface area contributed by atoms with E-state index < -0.39 is 0 Å². The third-order valence-electron chi connectivity index (χ3n) is 0.970. The Morgan fingerprint density at radius 1 is 1.50 bits per heavy atom. The van der Waals surface area contributed by atoms with Gasteiger partial charge in [0.15, 0.2) is 0 Å². The van der Waals surface area contributed by atoms with Crippen molar-refractivity contribution in [2.45, 2.75) is 12.8 Å². The van der Waals surface area contributed by atoms with Crippen LogP contribution in [0, 0.1) is 5.41 Å². The number of thioether (sulfide) groups is 1. The first-order valence-electron chi connectivity index (χ1n) is 3.29. The lowest BCUT2D eigenvalue weighted by atomic mass is 10.3. The Morgan fingerprint density at radius 3 is 2.70 bits per heavy atom. The molecule has 0 heterocycles. The predicted octanol–water partition coefficient (Wildman–Crippen LogP) is 0.428. The standard InChI is InChI=1S/C6H14N2OS/c7-6(8)2-1-4-10-5-3-9/h9H,1-5H2,(H3,7,8). The van der Waals surface area contributed by atoms with Crippen LogP contribution in [0.15, 0.2) is 0 Å². The minimum atomic E-state index is 0.241. The summed E-state index contributed by atoms with van der Waals surface area (Å²) in [5.41, 5.74) is 5.13. The molecule has 0 aromatic carbocycles. The third kappa shape index (κ3) is 7.78. The van der Waals surface area contributed by atoms with Gasteiger partial charge in [-0.25, -0.2) is 0 Å². The highest BCUT2D eigenvalue weighted by atomic mass is 32.2. The molecule has 0 atom stereocenters. The highest BCUT2D eigenvalue weighted by molar-refractivity contribution is 7.99. The fourth-order valence-corrected chi connectivity index (χ4v) is 1.21. The molecule has 0 rings (SSSR count). The average molecular weight is 162 g/mol. The smallest absolute Gasteiger partial charge is 0.0905 e. The Kier molecular flexibility index (Phi) is 6.74. The van der Waals surface area contributed by atoms with Crippen LogP contribution in [0.5, 0.6) is 0 Å². The number of rotatable bonds is 6. The number of nitrogens with one attached hydrogen (secondary N) is 1. The van der Waals surface area contributed by atoms with E-state index in [-0.39, 0.29) is 12.4 Å². The minimum Gasteiger partial charge on any atom is -0.396 e. The molecule has 0 saturated carbocycles. The predicted molar refractivity (Wildman–Crippen MR) is 45.6 cm³/mol. The summed E-state index contributed by atoms with van der Waals surface area (Å²) in [5, 5.41) is 15.3. The Hall–Kier alpha value is -0.220. The lowest BCUT2D eigenvalue weighted by Gasteiger charge is -1.97. The number of aliphatic hydroxyl groups is 1. The lowest BCUT2D eigenvalue weighted by molar-refractivity contribution is 0.322. The zero-order valence-electron chi connectivity index (χ0n) is 5.97. The largest absolute Gasteiger partial charge is 0.396 e. The molecular formula is C6H14N2OS. The molecule has 4 N–H and O–H groups in total. The highest BCUT2D eigenvalue weighted by Crippen LogP contribution is 2.02. The summed E-state index contributed by atoms with van der Waals surface area (Å²) in [5.74, 6) is 2.03. The van der Waals surface area contributed by atoms with Crippen LogP contribution in [0.2, 0.25) is 0 Å². The SMILES string of the molecule is N=C(N)CCCSCCO. The van der Waals surface area contributed by atoms with Gasteiger partial charge in [-0.15, -0.1) is 0 Å². The summed E-state index contributed by atoms with van der Waals surface area (Å²) in [6, 6.07) is 0. The number of aliphatic hydroxyl groups excluding tert-OH is 1. The van der Waals surface area contributed by atoms with Crippen LogP contribution >= 0.6 is 11.8 Å². The molecule has 0 amide bonds. The molecule has 0 aromatic rings. The molecule has 10 heavy (non-hydrogen) atoms. The maximum atomic E-state index is 8.39. The van der Waals surface area contributed by atoms with E-state index in [2.05, 4.69) is 0 Å². The van der Waals surface area contributed by atoms with Gasteiger partial charge in [0.25, 0.3) is 0 Å². The van der Waals surface area contributed by atoms with Crippen LogP contribution < -0.4 is 5.73 Å². The average Bonchev–Trinajstić information content (AvgIpc) is 1.87. The van der Waals surface area contributed by atoms with Gasteiger partial charge in [-0.1, -0.05) is 0 Å². The van der Waals surface area contributed by atoms with Crippen LogP contribution in [0.4, 0.5) is 0 Å². The van der Waals surface area contributed by atoms with Gasteiger partial charge in [0.1, 0.15) is 0 Å². The molecule has 0 aliphatic heterocycles. The molecule has 0 aliphatic carbocycles. The Labute approximate surface area is 65.5 Å². The van der Waals surface area contributed by atoms with Crippen molar-refractivity contribution < 1.29 is 5.11 Å². The normalized spacial score (nSPS) is 9.70. The first kappa shape index (κ1) is 9.78. The van der Waals surface area contributed by atoms with Crippen LogP contribution in [-0.4, -0.2) is 29.1 Å². The molecule has 4 heteroatoms. The van der Waals surface area contributed by atoms with Gasteiger partial charge in [0.2, 0.25) is 0 Å². The molecule has 0 spiro atoms. The van der Waals surface area contributed by atoms with E-state index in [1.54, 1.807) is 11.8 Å². The topological polar surface area (TPSA) is 70.1 Å². The molecular weight excluding hydrogens is 148 g/mol. The molecule has 3 nitrogen and oxygen atoms in total. The molecule has 0 radical (unpaired) electrons. The van der Waals surface area contributed by atoms with E-state index in [1.807, 2.05) is 0 Å². The van der Waals surface area contributed by atoms with Crippen LogP contribution in [0.25, 0.3) is 0 Å². The summed E-state index contributed by atoms with van der Waals surface area (Å²) in [7, 11) is 0. The van der Waals surface area contributed by atoms with Crippen molar-refractivity contribution in [1.29, 1.82) is 5.41 Å². The zero-order chi connectivity index (χ0) is 7.82. The molecule has 0 bridgehead atoms. The van der Waals surface area contributed by atoms with E-state index in [0.717, 1.165) is 17.9 Å². The first-order chi connectivity index (χ1) is 4.77. The number of hydrogen-bond acceptors (Lipinski definition) is 3. The van der Waals surface area contributed by atoms with Gasteiger partial charge in [0, 0.05) is 12.2 Å². The number of hydrogen-bond donors (Lipinski definition) is 3. The van der Waals surface area contributed by atoms with E-state index in [1.165, 1.54) is 0 Å². The summed E-state index contributed by atoms with van der Waals surface area (Å²) >= 11 is 1.69. The van der Waals surface area contributed by atoms with Gasteiger partial charge in [-0.3, -0.25) is 5.41 Å². The second kappa shape index (κ2) is 6.89. The highest BCUT2D eigenvalue weighted by Gasteiger charge is 1.90. The number of amidine groups is 1. The zero-order valence-corrected chi connectivity index (χ0v) is 6.78. The van der Waals surface area contributed by atoms with Crippen molar-refractivity contribution in [3.8, 4) is 0 Å². The van der Waals surface area contributed by atoms with Gasteiger partial charge in [0.05, 0.1) is 12.4 Å². The second-order valence-corrected chi connectivity index (χ2v) is 3.19. The maximum Gasteiger partial charge on any atom is 0.0905 e. The fourth-order valence-electron chi connectivity index (χ4n) is 0.531. The van der Waals surface area contributed by atoms with Crippen molar-refractivity contribution in [3.05, 3.63) is 0 Å². The molecule has 0 fully saturated rings. The van der Waals surface area contributed by atoms with Crippen molar-refractivity contribution in [1.82, 2.24) is 0 Å². The second-order valence-electron chi connectivity index (χ2n) is 1.96. The van der Waals surface area contributed by atoms with Crippen molar-refractivity contribution in [2.75, 3.05) is 18.1 Å². The maximum absolute atomic E-state index is 8.39. The monoisotopic (exact) mass is 162 g/mol. The molecule has 0 aromatic heterocycles. The third-order valence-corrected chi connectivity index (χ3v) is 2.02. The molecule has 0 saturated heterocycles. The minimum absolute atomic E-state index is 0.241. The summed E-state index contributed by atoms with van der Waals surface area (Å²) in [4.78, 5) is 0. The summed E-state index contributed by atoms with van der Waals surface area (Å²) in [6.07, 6.45) is 1.62. The van der Waals surface area contributed by atoms with Gasteiger partial charge in [-0.05, 0) is 12.2 Å². The van der Waals surface area contributed by atoms with E-state index in [9.17, 15) is 0 Å². The van der Waals surface area contributed by atoms with Crippen molar-refractivity contribution in [2.24, 2.45) is 5.73 Å². The fraction of sp³-hybridized carbons (Fsp3) is 0.833. The van der Waals surface area contributed by atoms with Gasteiger partial charge < -0.3 is 10.8 Å². The summed E-state index contributed by atoms with van der Waals surface area (Å²) < 4.78 is 0. The molecule has 0 unspecified atom stereocenters. The number of nitrogens with two attached hydrogens (primary N) is 1. The summed E-state index contributed by atoms with van der Waals surface area (Å²) in [6.45, 7) is 0.241. The van der Waals surface area contributed by atoms with Crippen molar-refractivity contribution >= 4 is 17.6 Å². The Bertz CT molecular complexity index is 97.7.